The molecule has 4 rings (SSSR count). The molecule has 35 heavy (non-hydrogen) atoms. The maximum Gasteiger partial charge on any atom is 0.274 e. The minimum absolute atomic E-state index is 0.0406. The maximum absolute atomic E-state index is 13.1. The highest BCUT2D eigenvalue weighted by Gasteiger charge is 2.27. The number of rotatable bonds is 7. The van der Waals surface area contributed by atoms with E-state index in [2.05, 4.69) is 9.97 Å². The Kier molecular flexibility index (Phi) is 8.12. The van der Waals surface area contributed by atoms with Crippen LogP contribution in [0, 0.1) is 0 Å². The van der Waals surface area contributed by atoms with Gasteiger partial charge in [0.25, 0.3) is 17.7 Å². The quantitative estimate of drug-likeness (QED) is 0.594. The molecular formula is C25H31N5O5. The number of carbonyl (C=O) groups excluding carboxylic acids is 3. The van der Waals surface area contributed by atoms with Crippen molar-refractivity contribution >= 4 is 17.7 Å². The van der Waals surface area contributed by atoms with Gasteiger partial charge >= 0.3 is 0 Å². The van der Waals surface area contributed by atoms with Gasteiger partial charge in [-0.15, -0.1) is 0 Å². The summed E-state index contributed by atoms with van der Waals surface area (Å²) in [6, 6.07) is 5.02. The summed E-state index contributed by atoms with van der Waals surface area (Å²) in [4.78, 5) is 51.4. The Morgan fingerprint density at radius 1 is 0.829 bits per heavy atom. The fourth-order valence-electron chi connectivity index (χ4n) is 4.27. The lowest BCUT2D eigenvalue weighted by Gasteiger charge is -2.34. The van der Waals surface area contributed by atoms with Crippen LogP contribution in [-0.2, 0) is 4.79 Å². The van der Waals surface area contributed by atoms with Crippen molar-refractivity contribution in [2.24, 2.45) is 0 Å². The molecule has 2 fully saturated rings. The van der Waals surface area contributed by atoms with E-state index in [0.29, 0.717) is 55.5 Å². The van der Waals surface area contributed by atoms with Crippen LogP contribution in [0.2, 0.25) is 0 Å². The average molecular weight is 482 g/mol. The number of ether oxygens (including phenoxy) is 2. The maximum atomic E-state index is 13.1. The van der Waals surface area contributed by atoms with Gasteiger partial charge in [-0.1, -0.05) is 0 Å². The van der Waals surface area contributed by atoms with Crippen LogP contribution in [0.1, 0.15) is 47.0 Å². The summed E-state index contributed by atoms with van der Waals surface area (Å²) in [6.45, 7) is 5.39. The zero-order chi connectivity index (χ0) is 24.6. The zero-order valence-electron chi connectivity index (χ0n) is 20.0. The molecule has 2 aliphatic rings. The van der Waals surface area contributed by atoms with Gasteiger partial charge in [0.2, 0.25) is 0 Å². The molecule has 10 nitrogen and oxygen atoms in total. The summed E-state index contributed by atoms with van der Waals surface area (Å²) in [6.07, 6.45) is 7.65. The number of likely N-dealkylation sites (tertiary alicyclic amines) is 1. The van der Waals surface area contributed by atoms with E-state index >= 15 is 0 Å². The molecule has 0 spiro atoms. The summed E-state index contributed by atoms with van der Waals surface area (Å²) in [5.74, 6) is 0.494. The number of hydrogen-bond donors (Lipinski definition) is 0. The van der Waals surface area contributed by atoms with Crippen LogP contribution < -0.4 is 9.47 Å². The SMILES string of the molecule is CCOc1cc(C(=O)N2CCN(C(=O)c3cnccn3)CC2)ccc1OCC(=O)N1CCCCC1. The molecule has 3 amide bonds. The van der Waals surface area contributed by atoms with Crippen molar-refractivity contribution in [2.75, 3.05) is 52.5 Å². The minimum atomic E-state index is -0.190. The van der Waals surface area contributed by atoms with E-state index in [1.165, 1.54) is 18.6 Å². The summed E-state index contributed by atoms with van der Waals surface area (Å²) in [5, 5.41) is 0. The third kappa shape index (κ3) is 6.06. The molecule has 0 saturated carbocycles. The Hall–Kier alpha value is -3.69. The first-order chi connectivity index (χ1) is 17.1. The van der Waals surface area contributed by atoms with Gasteiger partial charge in [-0.25, -0.2) is 4.98 Å². The Morgan fingerprint density at radius 3 is 2.20 bits per heavy atom. The number of piperidine rings is 1. The minimum Gasteiger partial charge on any atom is -0.490 e. The van der Waals surface area contributed by atoms with Crippen LogP contribution in [0.4, 0.5) is 0 Å². The Balaban J connectivity index is 1.36. The smallest absolute Gasteiger partial charge is 0.274 e. The molecular weight excluding hydrogens is 450 g/mol. The van der Waals surface area contributed by atoms with Crippen LogP contribution in [0.3, 0.4) is 0 Å². The Bertz CT molecular complexity index is 1030. The molecule has 186 valence electrons. The van der Waals surface area contributed by atoms with Crippen molar-refractivity contribution in [3.8, 4) is 11.5 Å². The van der Waals surface area contributed by atoms with Crippen molar-refractivity contribution in [2.45, 2.75) is 26.2 Å². The number of amides is 3. The van der Waals surface area contributed by atoms with Gasteiger partial charge in [-0.3, -0.25) is 19.4 Å². The summed E-state index contributed by atoms with van der Waals surface area (Å²) in [7, 11) is 0. The van der Waals surface area contributed by atoms with E-state index in [0.717, 1.165) is 32.4 Å². The van der Waals surface area contributed by atoms with Gasteiger partial charge in [0.1, 0.15) is 5.69 Å². The molecule has 0 bridgehead atoms. The Morgan fingerprint density at radius 2 is 1.54 bits per heavy atom. The highest BCUT2D eigenvalue weighted by Crippen LogP contribution is 2.29. The molecule has 1 aromatic heterocycles. The van der Waals surface area contributed by atoms with Crippen LogP contribution in [0.25, 0.3) is 0 Å². The Labute approximate surface area is 204 Å². The van der Waals surface area contributed by atoms with E-state index in [4.69, 9.17) is 9.47 Å². The molecule has 2 aromatic rings. The molecule has 0 radical (unpaired) electrons. The van der Waals surface area contributed by atoms with Gasteiger partial charge in [0, 0.05) is 57.2 Å². The first-order valence-electron chi connectivity index (χ1n) is 12.1. The van der Waals surface area contributed by atoms with Crippen molar-refractivity contribution in [1.29, 1.82) is 0 Å². The van der Waals surface area contributed by atoms with Crippen molar-refractivity contribution in [3.05, 3.63) is 48.0 Å². The standard InChI is InChI=1S/C25H31N5O5/c1-2-34-22-16-19(6-7-21(22)35-18-23(31)28-10-4-3-5-11-28)24(32)29-12-14-30(15-13-29)25(33)20-17-26-8-9-27-20/h6-9,16-17H,2-5,10-15,18H2,1H3. The number of hydrogen-bond acceptors (Lipinski definition) is 7. The van der Waals surface area contributed by atoms with Crippen LogP contribution in [0.15, 0.2) is 36.8 Å². The van der Waals surface area contributed by atoms with Crippen LogP contribution in [0.5, 0.6) is 11.5 Å². The summed E-state index contributed by atoms with van der Waals surface area (Å²) in [5.41, 5.74) is 0.764. The van der Waals surface area contributed by atoms with Gasteiger partial charge in [-0.05, 0) is 44.4 Å². The van der Waals surface area contributed by atoms with Crippen LogP contribution in [-0.4, -0.2) is 94.9 Å². The first kappa shape index (κ1) is 24.4. The molecule has 2 saturated heterocycles. The molecule has 0 atom stereocenters. The third-order valence-corrected chi connectivity index (χ3v) is 6.19. The molecule has 10 heteroatoms. The van der Waals surface area contributed by atoms with E-state index in [1.54, 1.807) is 28.0 Å². The topological polar surface area (TPSA) is 105 Å². The number of benzene rings is 1. The molecule has 0 aliphatic carbocycles. The van der Waals surface area contributed by atoms with E-state index in [1.807, 2.05) is 11.8 Å². The second-order valence-electron chi connectivity index (χ2n) is 8.50. The second-order valence-corrected chi connectivity index (χ2v) is 8.50. The van der Waals surface area contributed by atoms with Gasteiger partial charge in [-0.2, -0.15) is 0 Å². The third-order valence-electron chi connectivity index (χ3n) is 6.19. The molecule has 0 N–H and O–H groups in total. The lowest BCUT2D eigenvalue weighted by Crippen LogP contribution is -2.50. The molecule has 3 heterocycles. The summed E-state index contributed by atoms with van der Waals surface area (Å²) >= 11 is 0. The van der Waals surface area contributed by atoms with Crippen molar-refractivity contribution in [3.63, 3.8) is 0 Å². The van der Waals surface area contributed by atoms with E-state index < -0.39 is 0 Å². The highest BCUT2D eigenvalue weighted by atomic mass is 16.5. The highest BCUT2D eigenvalue weighted by molar-refractivity contribution is 5.95. The predicted octanol–water partition coefficient (Wildman–Crippen LogP) is 1.86. The first-order valence-corrected chi connectivity index (χ1v) is 12.1. The van der Waals surface area contributed by atoms with Crippen molar-refractivity contribution in [1.82, 2.24) is 24.7 Å². The largest absolute Gasteiger partial charge is 0.490 e. The monoisotopic (exact) mass is 481 g/mol. The van der Waals surface area contributed by atoms with Gasteiger partial charge in [0.15, 0.2) is 18.1 Å². The molecule has 0 unspecified atom stereocenters. The lowest BCUT2D eigenvalue weighted by atomic mass is 10.1. The van der Waals surface area contributed by atoms with Crippen molar-refractivity contribution < 1.29 is 23.9 Å². The number of piperazine rings is 1. The lowest BCUT2D eigenvalue weighted by molar-refractivity contribution is -0.134. The fraction of sp³-hybridized carbons (Fsp3) is 0.480. The number of carbonyl (C=O) groups is 3. The van der Waals surface area contributed by atoms with Gasteiger partial charge < -0.3 is 24.2 Å². The average Bonchev–Trinajstić information content (AvgIpc) is 2.92. The summed E-state index contributed by atoms with van der Waals surface area (Å²) < 4.78 is 11.5. The predicted molar refractivity (Wildman–Crippen MR) is 127 cm³/mol. The van der Waals surface area contributed by atoms with E-state index in [-0.39, 0.29) is 24.3 Å². The second kappa shape index (κ2) is 11.6. The number of aromatic nitrogens is 2. The molecule has 2 aliphatic heterocycles. The molecule has 1 aromatic carbocycles. The van der Waals surface area contributed by atoms with Gasteiger partial charge in [0.05, 0.1) is 12.8 Å². The number of nitrogens with zero attached hydrogens (tertiary/aromatic N) is 5. The normalized spacial score (nSPS) is 16.1. The van der Waals surface area contributed by atoms with E-state index in [9.17, 15) is 14.4 Å². The fourth-order valence-corrected chi connectivity index (χ4v) is 4.27. The van der Waals surface area contributed by atoms with Crippen LogP contribution >= 0.6 is 0 Å². The zero-order valence-corrected chi connectivity index (χ0v) is 20.0.